The number of nitrogens with one attached hydrogen (secondary N) is 1. The fourth-order valence-corrected chi connectivity index (χ4v) is 4.59. The Morgan fingerprint density at radius 2 is 1.59 bits per heavy atom. The van der Waals surface area contributed by atoms with Crippen LogP contribution in [0, 0.1) is 0 Å². The van der Waals surface area contributed by atoms with E-state index in [1.165, 1.54) is 22.5 Å². The molecular weight excluding hydrogens is 392 g/mol. The first-order chi connectivity index (χ1) is 13.9. The van der Waals surface area contributed by atoms with Crippen molar-refractivity contribution in [2.45, 2.75) is 17.7 Å². The molecule has 1 aliphatic heterocycles. The summed E-state index contributed by atoms with van der Waals surface area (Å²) in [4.78, 5) is 12.4. The molecule has 1 amide bonds. The fraction of sp³-hybridized carbons (Fsp3) is 0.286. The van der Waals surface area contributed by atoms with Crippen LogP contribution in [0.15, 0.2) is 53.4 Å². The summed E-state index contributed by atoms with van der Waals surface area (Å²) in [7, 11) is -0.344. The number of sulfonamides is 1. The molecule has 2 aromatic rings. The number of amides is 1. The third-order valence-electron chi connectivity index (χ3n) is 4.63. The summed E-state index contributed by atoms with van der Waals surface area (Å²) in [6, 6.07) is 11.5. The Labute approximate surface area is 171 Å². The van der Waals surface area contributed by atoms with E-state index < -0.39 is 10.0 Å². The number of rotatable bonds is 7. The molecule has 0 atom stereocenters. The van der Waals surface area contributed by atoms with Crippen molar-refractivity contribution in [1.82, 2.24) is 4.31 Å². The molecule has 7 nitrogen and oxygen atoms in total. The van der Waals surface area contributed by atoms with Crippen molar-refractivity contribution < 1.29 is 22.7 Å². The second kappa shape index (κ2) is 9.11. The molecule has 1 N–H and O–H groups in total. The third-order valence-corrected chi connectivity index (χ3v) is 6.54. The van der Waals surface area contributed by atoms with Crippen LogP contribution in [0.4, 0.5) is 5.69 Å². The van der Waals surface area contributed by atoms with Crippen LogP contribution in [-0.4, -0.2) is 45.9 Å². The standard InChI is InChI=1S/C21H24N2O5S/c1-27-18-13-16(14-19(15-18)28-2)5-10-21(24)22-17-6-8-20(9-7-17)29(25,26)23-11-3-4-12-23/h5-10,13-15H,3-4,11-12H2,1-2H3,(H,22,24)/b10-5+. The molecule has 1 aliphatic rings. The van der Waals surface area contributed by atoms with Gasteiger partial charge in [-0.1, -0.05) is 0 Å². The average molecular weight is 416 g/mol. The smallest absolute Gasteiger partial charge is 0.248 e. The van der Waals surface area contributed by atoms with E-state index in [-0.39, 0.29) is 10.8 Å². The maximum absolute atomic E-state index is 12.5. The summed E-state index contributed by atoms with van der Waals surface area (Å²) >= 11 is 0. The van der Waals surface area contributed by atoms with Gasteiger partial charge in [-0.25, -0.2) is 8.42 Å². The monoisotopic (exact) mass is 416 g/mol. The lowest BCUT2D eigenvalue weighted by atomic mass is 10.2. The van der Waals surface area contributed by atoms with Crippen molar-refractivity contribution in [2.24, 2.45) is 0 Å². The van der Waals surface area contributed by atoms with Gasteiger partial charge in [-0.2, -0.15) is 4.31 Å². The maximum Gasteiger partial charge on any atom is 0.248 e. The fourth-order valence-electron chi connectivity index (χ4n) is 3.07. The highest BCUT2D eigenvalue weighted by atomic mass is 32.2. The second-order valence-electron chi connectivity index (χ2n) is 6.60. The summed E-state index contributed by atoms with van der Waals surface area (Å²) in [5.41, 5.74) is 1.27. The minimum absolute atomic E-state index is 0.233. The number of nitrogens with zero attached hydrogens (tertiary/aromatic N) is 1. The molecular formula is C21H24N2O5S. The van der Waals surface area contributed by atoms with Crippen molar-refractivity contribution in [3.63, 3.8) is 0 Å². The minimum Gasteiger partial charge on any atom is -0.497 e. The number of anilines is 1. The van der Waals surface area contributed by atoms with Gasteiger partial charge in [0.05, 0.1) is 19.1 Å². The van der Waals surface area contributed by atoms with Gasteiger partial charge in [0.25, 0.3) is 0 Å². The number of hydrogen-bond acceptors (Lipinski definition) is 5. The summed E-state index contributed by atoms with van der Waals surface area (Å²) in [6.07, 6.45) is 4.81. The maximum atomic E-state index is 12.5. The highest BCUT2D eigenvalue weighted by Gasteiger charge is 2.26. The van der Waals surface area contributed by atoms with Gasteiger partial charge in [0.1, 0.15) is 11.5 Å². The van der Waals surface area contributed by atoms with Crippen molar-refractivity contribution in [3.05, 3.63) is 54.1 Å². The van der Waals surface area contributed by atoms with E-state index in [4.69, 9.17) is 9.47 Å². The summed E-state index contributed by atoms with van der Waals surface area (Å²) in [6.45, 7) is 1.11. The predicted molar refractivity (Wildman–Crippen MR) is 112 cm³/mol. The van der Waals surface area contributed by atoms with E-state index in [1.54, 1.807) is 50.6 Å². The molecule has 0 spiro atoms. The van der Waals surface area contributed by atoms with Gasteiger partial charge in [0.15, 0.2) is 0 Å². The van der Waals surface area contributed by atoms with Crippen molar-refractivity contribution >= 4 is 27.7 Å². The van der Waals surface area contributed by atoms with E-state index in [0.29, 0.717) is 30.3 Å². The molecule has 0 radical (unpaired) electrons. The van der Waals surface area contributed by atoms with Gasteiger partial charge in [-0.3, -0.25) is 4.79 Å². The lowest BCUT2D eigenvalue weighted by Crippen LogP contribution is -2.27. The first-order valence-electron chi connectivity index (χ1n) is 9.25. The molecule has 3 rings (SSSR count). The largest absolute Gasteiger partial charge is 0.497 e. The molecule has 0 bridgehead atoms. The van der Waals surface area contributed by atoms with E-state index in [1.807, 2.05) is 0 Å². The van der Waals surface area contributed by atoms with Crippen LogP contribution in [0.5, 0.6) is 11.5 Å². The zero-order valence-electron chi connectivity index (χ0n) is 16.4. The average Bonchev–Trinajstić information content (AvgIpc) is 3.28. The molecule has 8 heteroatoms. The van der Waals surface area contributed by atoms with Crippen LogP contribution < -0.4 is 14.8 Å². The number of ether oxygens (including phenoxy) is 2. The van der Waals surface area contributed by atoms with Gasteiger partial charge in [-0.05, 0) is 60.9 Å². The Bertz CT molecular complexity index is 972. The minimum atomic E-state index is -3.46. The predicted octanol–water partition coefficient (Wildman–Crippen LogP) is 3.14. The topological polar surface area (TPSA) is 84.9 Å². The number of hydrogen-bond donors (Lipinski definition) is 1. The normalized spacial score (nSPS) is 14.8. The number of methoxy groups -OCH3 is 2. The van der Waals surface area contributed by atoms with Crippen LogP contribution in [0.2, 0.25) is 0 Å². The van der Waals surface area contributed by atoms with Crippen LogP contribution in [-0.2, 0) is 14.8 Å². The van der Waals surface area contributed by atoms with Crippen molar-refractivity contribution in [1.29, 1.82) is 0 Å². The van der Waals surface area contributed by atoms with E-state index in [0.717, 1.165) is 18.4 Å². The van der Waals surface area contributed by atoms with Gasteiger partial charge < -0.3 is 14.8 Å². The lowest BCUT2D eigenvalue weighted by molar-refractivity contribution is -0.111. The number of benzene rings is 2. The zero-order chi connectivity index (χ0) is 20.9. The summed E-state index contributed by atoms with van der Waals surface area (Å²) < 4.78 is 37.0. The molecule has 29 heavy (non-hydrogen) atoms. The molecule has 0 aliphatic carbocycles. The van der Waals surface area contributed by atoms with Gasteiger partial charge in [-0.15, -0.1) is 0 Å². The Morgan fingerprint density at radius 3 is 2.14 bits per heavy atom. The zero-order valence-corrected chi connectivity index (χ0v) is 17.2. The SMILES string of the molecule is COc1cc(/C=C/C(=O)Nc2ccc(S(=O)(=O)N3CCCC3)cc2)cc(OC)c1. The van der Waals surface area contributed by atoms with Gasteiger partial charge >= 0.3 is 0 Å². The Balaban J connectivity index is 1.66. The van der Waals surface area contributed by atoms with Gasteiger partial charge in [0, 0.05) is 30.9 Å². The quantitative estimate of drug-likeness (QED) is 0.701. The second-order valence-corrected chi connectivity index (χ2v) is 8.54. The van der Waals surface area contributed by atoms with Crippen LogP contribution >= 0.6 is 0 Å². The molecule has 1 fully saturated rings. The van der Waals surface area contributed by atoms with E-state index in [2.05, 4.69) is 5.32 Å². The molecule has 154 valence electrons. The molecule has 0 unspecified atom stereocenters. The Morgan fingerprint density at radius 1 is 1.00 bits per heavy atom. The van der Waals surface area contributed by atoms with E-state index in [9.17, 15) is 13.2 Å². The summed E-state index contributed by atoms with van der Waals surface area (Å²) in [5.74, 6) is 0.917. The molecule has 0 aromatic heterocycles. The summed E-state index contributed by atoms with van der Waals surface area (Å²) in [5, 5.41) is 2.72. The highest BCUT2D eigenvalue weighted by Crippen LogP contribution is 2.24. The van der Waals surface area contributed by atoms with Crippen LogP contribution in [0.1, 0.15) is 18.4 Å². The number of carbonyl (C=O) groups excluding carboxylic acids is 1. The molecule has 1 saturated heterocycles. The lowest BCUT2D eigenvalue weighted by Gasteiger charge is -2.15. The van der Waals surface area contributed by atoms with Gasteiger partial charge in [0.2, 0.25) is 15.9 Å². The Hall–Kier alpha value is -2.84. The molecule has 0 saturated carbocycles. The van der Waals surface area contributed by atoms with Crippen molar-refractivity contribution in [3.8, 4) is 11.5 Å². The highest BCUT2D eigenvalue weighted by molar-refractivity contribution is 7.89. The first-order valence-corrected chi connectivity index (χ1v) is 10.7. The Kier molecular flexibility index (Phi) is 6.56. The molecule has 2 aromatic carbocycles. The number of carbonyl (C=O) groups is 1. The van der Waals surface area contributed by atoms with Crippen LogP contribution in [0.3, 0.4) is 0 Å². The first kappa shape index (κ1) is 20.9. The molecule has 1 heterocycles. The van der Waals surface area contributed by atoms with Crippen molar-refractivity contribution in [2.75, 3.05) is 32.6 Å². The van der Waals surface area contributed by atoms with Crippen LogP contribution in [0.25, 0.3) is 6.08 Å². The third kappa shape index (κ3) is 5.16. The van der Waals surface area contributed by atoms with E-state index >= 15 is 0 Å².